The fraction of sp³-hybridized carbons (Fsp3) is 0.190. The summed E-state index contributed by atoms with van der Waals surface area (Å²) in [5.41, 5.74) is 3.93. The van der Waals surface area contributed by atoms with Gasteiger partial charge in [-0.1, -0.05) is 12.1 Å². The number of aryl methyl sites for hydroxylation is 1. The molecule has 0 aliphatic heterocycles. The van der Waals surface area contributed by atoms with Crippen molar-refractivity contribution in [2.75, 3.05) is 0 Å². The molecule has 4 nitrogen and oxygen atoms in total. The van der Waals surface area contributed by atoms with Crippen molar-refractivity contribution in [1.82, 2.24) is 19.7 Å². The third kappa shape index (κ3) is 3.47. The Morgan fingerprint density at radius 3 is 2.57 bits per heavy atom. The molecule has 4 aromatic rings. The van der Waals surface area contributed by atoms with Gasteiger partial charge in [0.15, 0.2) is 0 Å². The minimum Gasteiger partial charge on any atom is -0.264 e. The van der Waals surface area contributed by atoms with E-state index >= 15 is 0 Å². The first-order valence-corrected chi connectivity index (χ1v) is 8.71. The summed E-state index contributed by atoms with van der Waals surface area (Å²) in [4.78, 5) is 8.56. The summed E-state index contributed by atoms with van der Waals surface area (Å²) in [6.45, 7) is 3.15. The molecule has 0 saturated carbocycles. The van der Waals surface area contributed by atoms with Crippen molar-refractivity contribution < 1.29 is 13.2 Å². The molecule has 0 N–H and O–H groups in total. The van der Waals surface area contributed by atoms with Gasteiger partial charge in [-0.15, -0.1) is 0 Å². The van der Waals surface area contributed by atoms with Crippen LogP contribution in [0.2, 0.25) is 0 Å². The van der Waals surface area contributed by atoms with Gasteiger partial charge in [0.1, 0.15) is 11.3 Å². The van der Waals surface area contributed by atoms with Crippen LogP contribution in [0.5, 0.6) is 0 Å². The van der Waals surface area contributed by atoms with Gasteiger partial charge in [-0.2, -0.15) is 5.10 Å². The highest BCUT2D eigenvalue weighted by Crippen LogP contribution is 2.33. The molecule has 0 aliphatic carbocycles. The van der Waals surface area contributed by atoms with Gasteiger partial charge in [0, 0.05) is 31.1 Å². The Balaban J connectivity index is 1.76. The first-order chi connectivity index (χ1) is 13.3. The maximum absolute atomic E-state index is 13.8. The molecule has 3 heterocycles. The topological polar surface area (TPSA) is 43.6 Å². The molecule has 0 spiro atoms. The third-order valence-electron chi connectivity index (χ3n) is 4.53. The lowest BCUT2D eigenvalue weighted by atomic mass is 10.0. The van der Waals surface area contributed by atoms with Crippen LogP contribution in [0.3, 0.4) is 0 Å². The quantitative estimate of drug-likeness (QED) is 0.493. The molecule has 0 amide bonds. The van der Waals surface area contributed by atoms with Crippen LogP contribution in [0.4, 0.5) is 13.2 Å². The lowest BCUT2D eigenvalue weighted by Crippen LogP contribution is -2.10. The predicted octanol–water partition coefficient (Wildman–Crippen LogP) is 5.10. The number of pyridine rings is 2. The number of benzene rings is 1. The molecule has 0 aliphatic rings. The molecule has 0 atom stereocenters. The molecule has 0 radical (unpaired) electrons. The van der Waals surface area contributed by atoms with Crippen molar-refractivity contribution in [3.63, 3.8) is 0 Å². The van der Waals surface area contributed by atoms with Crippen molar-refractivity contribution in [2.24, 2.45) is 0 Å². The smallest absolute Gasteiger partial charge is 0.264 e. The standard InChI is InChI=1S/C21H17F3N4/c1-13-5-14(9-25-8-13)12-28-20-7-16(10-26-19(20)11-27-28)15-3-4-18(22)17(6-15)21(2,23)24/h3-11H,12H2,1-2H3. The summed E-state index contributed by atoms with van der Waals surface area (Å²) in [5, 5.41) is 4.37. The van der Waals surface area contributed by atoms with E-state index in [1.54, 1.807) is 29.5 Å². The molecular formula is C21H17F3N4. The van der Waals surface area contributed by atoms with Crippen molar-refractivity contribution >= 4 is 11.0 Å². The molecule has 142 valence electrons. The van der Waals surface area contributed by atoms with Crippen LogP contribution in [-0.4, -0.2) is 19.7 Å². The minimum atomic E-state index is -3.27. The lowest BCUT2D eigenvalue weighted by molar-refractivity contribution is 0.0138. The SMILES string of the molecule is Cc1cncc(Cn2ncc3ncc(-c4ccc(F)c(C(C)(F)F)c4)cc32)c1. The summed E-state index contributed by atoms with van der Waals surface area (Å²) < 4.78 is 42.9. The summed E-state index contributed by atoms with van der Waals surface area (Å²) in [5.74, 6) is -4.19. The number of hydrogen-bond acceptors (Lipinski definition) is 3. The van der Waals surface area contributed by atoms with Gasteiger partial charge in [0.2, 0.25) is 0 Å². The molecule has 0 bridgehead atoms. The summed E-state index contributed by atoms with van der Waals surface area (Å²) in [6.07, 6.45) is 6.78. The minimum absolute atomic E-state index is 0.470. The highest BCUT2D eigenvalue weighted by Gasteiger charge is 2.28. The number of fused-ring (bicyclic) bond motifs is 1. The van der Waals surface area contributed by atoms with Crippen LogP contribution in [0, 0.1) is 12.7 Å². The van der Waals surface area contributed by atoms with Crippen molar-refractivity contribution in [3.05, 3.63) is 77.6 Å². The average Bonchev–Trinajstić information content (AvgIpc) is 3.03. The number of rotatable bonds is 4. The predicted molar refractivity (Wildman–Crippen MR) is 101 cm³/mol. The molecule has 1 aromatic carbocycles. The highest BCUT2D eigenvalue weighted by atomic mass is 19.3. The normalized spacial score (nSPS) is 11.9. The fourth-order valence-electron chi connectivity index (χ4n) is 3.16. The Kier molecular flexibility index (Phi) is 4.37. The van der Waals surface area contributed by atoms with Crippen molar-refractivity contribution in [3.8, 4) is 11.1 Å². The monoisotopic (exact) mass is 382 g/mol. The van der Waals surface area contributed by atoms with Crippen LogP contribution in [0.1, 0.15) is 23.6 Å². The third-order valence-corrected chi connectivity index (χ3v) is 4.53. The van der Waals surface area contributed by atoms with Gasteiger partial charge in [0.05, 0.1) is 23.8 Å². The van der Waals surface area contributed by atoms with Gasteiger partial charge in [0.25, 0.3) is 5.92 Å². The molecular weight excluding hydrogens is 365 g/mol. The van der Waals surface area contributed by atoms with Gasteiger partial charge in [-0.05, 0) is 41.8 Å². The van der Waals surface area contributed by atoms with E-state index in [9.17, 15) is 13.2 Å². The van der Waals surface area contributed by atoms with E-state index in [1.807, 2.05) is 19.1 Å². The van der Waals surface area contributed by atoms with Crippen molar-refractivity contribution in [2.45, 2.75) is 26.3 Å². The van der Waals surface area contributed by atoms with Gasteiger partial charge in [-0.3, -0.25) is 14.6 Å². The van der Waals surface area contributed by atoms with Crippen LogP contribution in [0.15, 0.2) is 55.1 Å². The average molecular weight is 382 g/mol. The molecule has 0 unspecified atom stereocenters. The zero-order valence-electron chi connectivity index (χ0n) is 15.3. The number of hydrogen-bond donors (Lipinski definition) is 0. The van der Waals surface area contributed by atoms with Crippen LogP contribution >= 0.6 is 0 Å². The van der Waals surface area contributed by atoms with E-state index in [1.165, 1.54) is 12.1 Å². The maximum atomic E-state index is 13.8. The molecule has 4 rings (SSSR count). The first-order valence-electron chi connectivity index (χ1n) is 8.71. The molecule has 7 heteroatoms. The molecule has 0 fully saturated rings. The van der Waals surface area contributed by atoms with Gasteiger partial charge >= 0.3 is 0 Å². The van der Waals surface area contributed by atoms with E-state index in [0.29, 0.717) is 30.1 Å². The first kappa shape index (κ1) is 18.2. The second kappa shape index (κ2) is 6.74. The lowest BCUT2D eigenvalue weighted by Gasteiger charge is -2.13. The number of aromatic nitrogens is 4. The Bertz CT molecular complexity index is 1160. The van der Waals surface area contributed by atoms with Crippen molar-refractivity contribution in [1.29, 1.82) is 0 Å². The second-order valence-electron chi connectivity index (χ2n) is 6.88. The fourth-order valence-corrected chi connectivity index (χ4v) is 3.16. The van der Waals surface area contributed by atoms with E-state index in [-0.39, 0.29) is 0 Å². The maximum Gasteiger partial charge on any atom is 0.273 e. The van der Waals surface area contributed by atoms with Gasteiger partial charge in [-0.25, -0.2) is 13.2 Å². The largest absolute Gasteiger partial charge is 0.273 e. The van der Waals surface area contributed by atoms with E-state index in [4.69, 9.17) is 0 Å². The molecule has 0 saturated heterocycles. The Labute approximate surface area is 159 Å². The van der Waals surface area contributed by atoms with Crippen LogP contribution in [-0.2, 0) is 12.5 Å². The summed E-state index contributed by atoms with van der Waals surface area (Å²) in [6, 6.07) is 7.54. The van der Waals surface area contributed by atoms with E-state index in [0.717, 1.165) is 22.7 Å². The summed E-state index contributed by atoms with van der Waals surface area (Å²) in [7, 11) is 0. The molecule has 28 heavy (non-hydrogen) atoms. The molecule has 3 aromatic heterocycles. The highest BCUT2D eigenvalue weighted by molar-refractivity contribution is 5.80. The Hall–Kier alpha value is -3.22. The van der Waals surface area contributed by atoms with Gasteiger partial charge < -0.3 is 0 Å². The van der Waals surface area contributed by atoms with E-state index < -0.39 is 17.3 Å². The Morgan fingerprint density at radius 1 is 1.00 bits per heavy atom. The Morgan fingerprint density at radius 2 is 1.82 bits per heavy atom. The summed E-state index contributed by atoms with van der Waals surface area (Å²) >= 11 is 0. The number of alkyl halides is 2. The van der Waals surface area contributed by atoms with Crippen LogP contribution < -0.4 is 0 Å². The second-order valence-corrected chi connectivity index (χ2v) is 6.88. The number of nitrogens with zero attached hydrogens (tertiary/aromatic N) is 4. The number of halogens is 3. The van der Waals surface area contributed by atoms with Crippen LogP contribution in [0.25, 0.3) is 22.2 Å². The zero-order chi connectivity index (χ0) is 19.9. The van der Waals surface area contributed by atoms with E-state index in [2.05, 4.69) is 15.1 Å². The zero-order valence-corrected chi connectivity index (χ0v) is 15.3.